The Bertz CT molecular complexity index is 657. The van der Waals surface area contributed by atoms with Gasteiger partial charge in [0.15, 0.2) is 0 Å². The molecular formula is C12H9BO3. The van der Waals surface area contributed by atoms with Crippen LogP contribution in [0.4, 0.5) is 0 Å². The lowest BCUT2D eigenvalue weighted by atomic mass is 9.77. The fourth-order valence-electron chi connectivity index (χ4n) is 2.02. The van der Waals surface area contributed by atoms with E-state index in [2.05, 4.69) is 0 Å². The molecule has 1 heterocycles. The highest BCUT2D eigenvalue weighted by Crippen LogP contribution is 2.26. The summed E-state index contributed by atoms with van der Waals surface area (Å²) in [6, 6.07) is 12.8. The van der Waals surface area contributed by atoms with Gasteiger partial charge in [-0.15, -0.1) is 0 Å². The number of rotatable bonds is 1. The molecule has 0 aliphatic rings. The molecule has 1 aromatic heterocycles. The molecule has 2 N–H and O–H groups in total. The standard InChI is InChI=1S/C12H9BO3/c14-13(15)9-5-3-7-11-12(9)8-4-1-2-6-10(8)16-11/h1-7,14-15H. The van der Waals surface area contributed by atoms with E-state index in [0.29, 0.717) is 11.0 Å². The molecule has 3 nitrogen and oxygen atoms in total. The third-order valence-corrected chi connectivity index (χ3v) is 2.71. The molecule has 0 spiro atoms. The van der Waals surface area contributed by atoms with E-state index in [9.17, 15) is 10.0 Å². The van der Waals surface area contributed by atoms with E-state index >= 15 is 0 Å². The van der Waals surface area contributed by atoms with E-state index in [1.807, 2.05) is 30.3 Å². The maximum Gasteiger partial charge on any atom is 0.489 e. The molecule has 0 saturated carbocycles. The Hall–Kier alpha value is -1.78. The van der Waals surface area contributed by atoms with E-state index in [4.69, 9.17) is 4.42 Å². The largest absolute Gasteiger partial charge is 0.489 e. The van der Waals surface area contributed by atoms with Crippen LogP contribution >= 0.6 is 0 Å². The van der Waals surface area contributed by atoms with Crippen LogP contribution in [0.25, 0.3) is 21.9 Å². The zero-order valence-corrected chi connectivity index (χ0v) is 8.42. The lowest BCUT2D eigenvalue weighted by Crippen LogP contribution is -2.30. The molecule has 0 aliphatic carbocycles. The SMILES string of the molecule is OB(O)c1cccc2oc3ccccc3c12. The number of fused-ring (bicyclic) bond motifs is 3. The van der Waals surface area contributed by atoms with Gasteiger partial charge < -0.3 is 14.5 Å². The van der Waals surface area contributed by atoms with Crippen LogP contribution in [0.1, 0.15) is 0 Å². The molecule has 0 amide bonds. The van der Waals surface area contributed by atoms with E-state index in [1.54, 1.807) is 12.1 Å². The maximum absolute atomic E-state index is 9.31. The van der Waals surface area contributed by atoms with Crippen LogP contribution < -0.4 is 5.46 Å². The van der Waals surface area contributed by atoms with Gasteiger partial charge in [0.05, 0.1) is 0 Å². The van der Waals surface area contributed by atoms with Crippen molar-refractivity contribution in [3.05, 3.63) is 42.5 Å². The van der Waals surface area contributed by atoms with Gasteiger partial charge in [-0.05, 0) is 17.6 Å². The Morgan fingerprint density at radius 1 is 0.875 bits per heavy atom. The fourth-order valence-corrected chi connectivity index (χ4v) is 2.02. The summed E-state index contributed by atoms with van der Waals surface area (Å²) in [5.41, 5.74) is 1.90. The molecule has 78 valence electrons. The van der Waals surface area contributed by atoms with Crippen molar-refractivity contribution in [2.24, 2.45) is 0 Å². The Balaban J connectivity index is 2.53. The number of hydrogen-bond acceptors (Lipinski definition) is 3. The van der Waals surface area contributed by atoms with Crippen LogP contribution in [0, 0.1) is 0 Å². The maximum atomic E-state index is 9.31. The molecule has 2 aromatic carbocycles. The molecule has 0 fully saturated rings. The highest BCUT2D eigenvalue weighted by molar-refractivity contribution is 6.62. The molecule has 4 heteroatoms. The molecule has 16 heavy (non-hydrogen) atoms. The molecule has 0 atom stereocenters. The first-order valence-corrected chi connectivity index (χ1v) is 5.03. The monoisotopic (exact) mass is 212 g/mol. The van der Waals surface area contributed by atoms with Gasteiger partial charge in [-0.25, -0.2) is 0 Å². The number of para-hydroxylation sites is 1. The Morgan fingerprint density at radius 2 is 1.62 bits per heavy atom. The molecule has 0 bridgehead atoms. The van der Waals surface area contributed by atoms with Crippen LogP contribution in [0.5, 0.6) is 0 Å². The highest BCUT2D eigenvalue weighted by Gasteiger charge is 2.18. The molecule has 3 rings (SSSR count). The summed E-state index contributed by atoms with van der Waals surface area (Å²) in [5, 5.41) is 20.3. The van der Waals surface area contributed by atoms with Crippen molar-refractivity contribution in [1.29, 1.82) is 0 Å². The van der Waals surface area contributed by atoms with E-state index in [1.165, 1.54) is 0 Å². The van der Waals surface area contributed by atoms with Crippen LogP contribution in [0.15, 0.2) is 46.9 Å². The molecular weight excluding hydrogens is 203 g/mol. The summed E-state index contributed by atoms with van der Waals surface area (Å²) in [7, 11) is -1.48. The van der Waals surface area contributed by atoms with Gasteiger partial charge in [-0.2, -0.15) is 0 Å². The van der Waals surface area contributed by atoms with Crippen molar-refractivity contribution in [3.63, 3.8) is 0 Å². The van der Waals surface area contributed by atoms with Crippen molar-refractivity contribution in [1.82, 2.24) is 0 Å². The van der Waals surface area contributed by atoms with Crippen LogP contribution in [-0.4, -0.2) is 17.2 Å². The first-order chi connectivity index (χ1) is 7.77. The molecule has 0 saturated heterocycles. The minimum atomic E-state index is -1.48. The van der Waals surface area contributed by atoms with Gasteiger partial charge in [0.25, 0.3) is 0 Å². The Labute approximate surface area is 92.1 Å². The zero-order valence-electron chi connectivity index (χ0n) is 8.42. The van der Waals surface area contributed by atoms with Gasteiger partial charge in [-0.1, -0.05) is 30.3 Å². The summed E-state index contributed by atoms with van der Waals surface area (Å²) in [4.78, 5) is 0. The predicted octanol–water partition coefficient (Wildman–Crippen LogP) is 1.27. The normalized spacial score (nSPS) is 11.1. The zero-order chi connectivity index (χ0) is 11.1. The van der Waals surface area contributed by atoms with Gasteiger partial charge in [0.1, 0.15) is 11.2 Å². The van der Waals surface area contributed by atoms with Crippen molar-refractivity contribution in [2.75, 3.05) is 0 Å². The summed E-state index contributed by atoms with van der Waals surface area (Å²) in [5.74, 6) is 0. The quantitative estimate of drug-likeness (QED) is 0.597. The average molecular weight is 212 g/mol. The second kappa shape index (κ2) is 3.37. The number of hydrogen-bond donors (Lipinski definition) is 2. The van der Waals surface area contributed by atoms with Gasteiger partial charge in [0, 0.05) is 10.8 Å². The second-order valence-corrected chi connectivity index (χ2v) is 3.69. The van der Waals surface area contributed by atoms with Gasteiger partial charge in [0.2, 0.25) is 0 Å². The third kappa shape index (κ3) is 1.24. The number of benzene rings is 2. The van der Waals surface area contributed by atoms with Crippen LogP contribution in [0.3, 0.4) is 0 Å². The summed E-state index contributed by atoms with van der Waals surface area (Å²) >= 11 is 0. The second-order valence-electron chi connectivity index (χ2n) is 3.69. The van der Waals surface area contributed by atoms with E-state index < -0.39 is 7.12 Å². The van der Waals surface area contributed by atoms with Gasteiger partial charge in [-0.3, -0.25) is 0 Å². The third-order valence-electron chi connectivity index (χ3n) is 2.71. The van der Waals surface area contributed by atoms with Gasteiger partial charge >= 0.3 is 7.12 Å². The first kappa shape index (κ1) is 9.45. The van der Waals surface area contributed by atoms with Crippen molar-refractivity contribution < 1.29 is 14.5 Å². The topological polar surface area (TPSA) is 53.6 Å². The molecule has 0 unspecified atom stereocenters. The summed E-state index contributed by atoms with van der Waals surface area (Å²) < 4.78 is 5.62. The summed E-state index contributed by atoms with van der Waals surface area (Å²) in [6.07, 6.45) is 0. The van der Waals surface area contributed by atoms with Crippen molar-refractivity contribution >= 4 is 34.5 Å². The Kier molecular flexibility index (Phi) is 1.99. The van der Waals surface area contributed by atoms with Crippen molar-refractivity contribution in [3.8, 4) is 0 Å². The van der Waals surface area contributed by atoms with Crippen LogP contribution in [0.2, 0.25) is 0 Å². The van der Waals surface area contributed by atoms with E-state index in [-0.39, 0.29) is 0 Å². The average Bonchev–Trinajstić information content (AvgIpc) is 2.66. The molecule has 0 aliphatic heterocycles. The predicted molar refractivity (Wildman–Crippen MR) is 63.5 cm³/mol. The Morgan fingerprint density at radius 3 is 2.44 bits per heavy atom. The van der Waals surface area contributed by atoms with Crippen LogP contribution in [-0.2, 0) is 0 Å². The number of furan rings is 1. The van der Waals surface area contributed by atoms with E-state index in [0.717, 1.165) is 16.4 Å². The highest BCUT2D eigenvalue weighted by atomic mass is 16.4. The fraction of sp³-hybridized carbons (Fsp3) is 0. The smallest absolute Gasteiger partial charge is 0.456 e. The lowest BCUT2D eigenvalue weighted by Gasteiger charge is -2.00. The minimum absolute atomic E-state index is 0.474. The summed E-state index contributed by atoms with van der Waals surface area (Å²) in [6.45, 7) is 0. The minimum Gasteiger partial charge on any atom is -0.456 e. The molecule has 0 radical (unpaired) electrons. The van der Waals surface area contributed by atoms with Crippen molar-refractivity contribution in [2.45, 2.75) is 0 Å². The first-order valence-electron chi connectivity index (χ1n) is 5.03. The molecule has 3 aromatic rings. The lowest BCUT2D eigenvalue weighted by molar-refractivity contribution is 0.426.